The molecule has 4 nitrogen and oxygen atoms in total. The van der Waals surface area contributed by atoms with Crippen molar-refractivity contribution in [2.45, 2.75) is 20.3 Å². The fraction of sp³-hybridized carbons (Fsp3) is 0.769. The molecule has 4 heteroatoms. The molecule has 0 aromatic rings. The quantitative estimate of drug-likeness (QED) is 0.491. The summed E-state index contributed by atoms with van der Waals surface area (Å²) in [7, 11) is 3.64. The summed E-state index contributed by atoms with van der Waals surface area (Å²) >= 11 is 0. The van der Waals surface area contributed by atoms with Gasteiger partial charge in [-0.1, -0.05) is 13.0 Å². The lowest BCUT2D eigenvalue weighted by molar-refractivity contribution is 0.304. The molecule has 0 aliphatic carbocycles. The Hall–Kier alpha value is -0.870. The van der Waals surface area contributed by atoms with Gasteiger partial charge in [0.25, 0.3) is 0 Å². The number of hydrogen-bond donors (Lipinski definition) is 1. The van der Waals surface area contributed by atoms with E-state index in [4.69, 9.17) is 4.74 Å². The lowest BCUT2D eigenvalue weighted by Crippen LogP contribution is -2.31. The molecule has 0 aromatic heterocycles. The van der Waals surface area contributed by atoms with Crippen LogP contribution in [-0.2, 0) is 4.74 Å². The molecule has 0 aromatic carbocycles. The van der Waals surface area contributed by atoms with Gasteiger partial charge >= 0.3 is 0 Å². The van der Waals surface area contributed by atoms with Crippen LogP contribution in [0, 0.1) is 0 Å². The predicted octanol–water partition coefficient (Wildman–Crippen LogP) is 1.54. The molecule has 0 rings (SSSR count). The molecule has 0 atom stereocenters. The maximum atomic E-state index is 5.15. The molecule has 0 aliphatic heterocycles. The number of aliphatic imine (C=N–C) groups is 1. The Kier molecular flexibility index (Phi) is 11.0. The van der Waals surface area contributed by atoms with E-state index < -0.39 is 0 Å². The van der Waals surface area contributed by atoms with Crippen LogP contribution in [0.5, 0.6) is 0 Å². The van der Waals surface area contributed by atoms with Crippen LogP contribution >= 0.6 is 0 Å². The SMILES string of the molecule is CCCN(CC=CC(=NCC)OC)CCNC. The van der Waals surface area contributed by atoms with E-state index in [-0.39, 0.29) is 0 Å². The van der Waals surface area contributed by atoms with E-state index >= 15 is 0 Å². The number of likely N-dealkylation sites (N-methyl/N-ethyl adjacent to an activating group) is 1. The summed E-state index contributed by atoms with van der Waals surface area (Å²) in [5.41, 5.74) is 0. The lowest BCUT2D eigenvalue weighted by Gasteiger charge is -2.19. The zero-order valence-corrected chi connectivity index (χ0v) is 11.7. The summed E-state index contributed by atoms with van der Waals surface area (Å²) in [4.78, 5) is 6.63. The normalized spacial score (nSPS) is 12.6. The van der Waals surface area contributed by atoms with Crippen molar-refractivity contribution in [1.29, 1.82) is 0 Å². The summed E-state index contributed by atoms with van der Waals surface area (Å²) in [6.45, 7) is 9.13. The molecule has 100 valence electrons. The lowest BCUT2D eigenvalue weighted by atomic mass is 10.3. The van der Waals surface area contributed by atoms with E-state index in [0.717, 1.165) is 32.7 Å². The molecule has 17 heavy (non-hydrogen) atoms. The molecule has 0 bridgehead atoms. The minimum absolute atomic E-state index is 0.706. The number of hydrogen-bond acceptors (Lipinski definition) is 4. The van der Waals surface area contributed by atoms with Crippen LogP contribution in [-0.4, -0.2) is 57.7 Å². The Labute approximate surface area is 106 Å². The molecular formula is C13H27N3O. The number of ether oxygens (including phenoxy) is 1. The van der Waals surface area contributed by atoms with Gasteiger partial charge in [0.05, 0.1) is 7.11 Å². The van der Waals surface area contributed by atoms with Crippen molar-refractivity contribution < 1.29 is 4.74 Å². The Bertz CT molecular complexity index is 227. The monoisotopic (exact) mass is 241 g/mol. The predicted molar refractivity (Wildman–Crippen MR) is 74.8 cm³/mol. The highest BCUT2D eigenvalue weighted by Gasteiger charge is 2.00. The smallest absolute Gasteiger partial charge is 0.207 e. The van der Waals surface area contributed by atoms with Gasteiger partial charge in [-0.05, 0) is 33.0 Å². The van der Waals surface area contributed by atoms with Crippen LogP contribution in [0.4, 0.5) is 0 Å². The highest BCUT2D eigenvalue weighted by atomic mass is 16.5. The van der Waals surface area contributed by atoms with Gasteiger partial charge in [-0.25, -0.2) is 0 Å². The van der Waals surface area contributed by atoms with Crippen molar-refractivity contribution in [3.63, 3.8) is 0 Å². The van der Waals surface area contributed by atoms with Crippen molar-refractivity contribution in [3.8, 4) is 0 Å². The molecule has 0 saturated carbocycles. The maximum absolute atomic E-state index is 5.15. The largest absolute Gasteiger partial charge is 0.481 e. The first-order chi connectivity index (χ1) is 8.28. The van der Waals surface area contributed by atoms with Crippen LogP contribution in [0.3, 0.4) is 0 Å². The van der Waals surface area contributed by atoms with Gasteiger partial charge in [0.2, 0.25) is 5.90 Å². The summed E-state index contributed by atoms with van der Waals surface area (Å²) < 4.78 is 5.15. The second-order valence-corrected chi connectivity index (χ2v) is 3.82. The van der Waals surface area contributed by atoms with Gasteiger partial charge in [0.15, 0.2) is 0 Å². The van der Waals surface area contributed by atoms with E-state index in [0.29, 0.717) is 5.90 Å². The van der Waals surface area contributed by atoms with Crippen LogP contribution < -0.4 is 5.32 Å². The van der Waals surface area contributed by atoms with Crippen LogP contribution in [0.25, 0.3) is 0 Å². The third-order valence-corrected chi connectivity index (χ3v) is 2.36. The number of nitrogens with zero attached hydrogens (tertiary/aromatic N) is 2. The Morgan fingerprint density at radius 1 is 1.35 bits per heavy atom. The van der Waals surface area contributed by atoms with Crippen LogP contribution in [0.15, 0.2) is 17.1 Å². The zero-order chi connectivity index (χ0) is 12.9. The summed E-state index contributed by atoms with van der Waals surface area (Å²) in [6.07, 6.45) is 5.24. The van der Waals surface area contributed by atoms with Crippen molar-refractivity contribution in [2.24, 2.45) is 4.99 Å². The van der Waals surface area contributed by atoms with Crippen molar-refractivity contribution in [2.75, 3.05) is 46.9 Å². The van der Waals surface area contributed by atoms with Gasteiger partial charge < -0.3 is 10.1 Å². The van der Waals surface area contributed by atoms with Crippen molar-refractivity contribution in [1.82, 2.24) is 10.2 Å². The molecule has 1 N–H and O–H groups in total. The Morgan fingerprint density at radius 2 is 2.12 bits per heavy atom. The second-order valence-electron chi connectivity index (χ2n) is 3.82. The highest BCUT2D eigenvalue weighted by Crippen LogP contribution is 1.93. The van der Waals surface area contributed by atoms with Crippen LogP contribution in [0.2, 0.25) is 0 Å². The molecular weight excluding hydrogens is 214 g/mol. The number of nitrogens with one attached hydrogen (secondary N) is 1. The summed E-state index contributed by atoms with van der Waals surface area (Å²) in [5, 5.41) is 3.17. The minimum Gasteiger partial charge on any atom is -0.481 e. The third kappa shape index (κ3) is 8.89. The fourth-order valence-electron chi connectivity index (χ4n) is 1.52. The average Bonchev–Trinajstić information content (AvgIpc) is 2.34. The van der Waals surface area contributed by atoms with Crippen LogP contribution in [0.1, 0.15) is 20.3 Å². The fourth-order valence-corrected chi connectivity index (χ4v) is 1.52. The van der Waals surface area contributed by atoms with E-state index in [1.165, 1.54) is 6.42 Å². The van der Waals surface area contributed by atoms with Gasteiger partial charge in [-0.15, -0.1) is 0 Å². The average molecular weight is 241 g/mol. The molecule has 0 amide bonds. The van der Waals surface area contributed by atoms with Gasteiger partial charge in [0.1, 0.15) is 0 Å². The molecule has 0 heterocycles. The van der Waals surface area contributed by atoms with Crippen molar-refractivity contribution >= 4 is 5.90 Å². The standard InChI is InChI=1S/C13H27N3O/c1-5-10-16(12-9-14-3)11-7-8-13(17-4)15-6-2/h7-8,14H,5-6,9-12H2,1-4H3. The minimum atomic E-state index is 0.706. The maximum Gasteiger partial charge on any atom is 0.207 e. The van der Waals surface area contributed by atoms with E-state index in [2.05, 4.69) is 28.2 Å². The van der Waals surface area contributed by atoms with E-state index in [1.807, 2.05) is 20.0 Å². The summed E-state index contributed by atoms with van der Waals surface area (Å²) in [6, 6.07) is 0. The van der Waals surface area contributed by atoms with Gasteiger partial charge in [0, 0.05) is 26.2 Å². The molecule has 0 radical (unpaired) electrons. The van der Waals surface area contributed by atoms with Gasteiger partial charge in [-0.2, -0.15) is 0 Å². The Morgan fingerprint density at radius 3 is 2.65 bits per heavy atom. The van der Waals surface area contributed by atoms with E-state index in [9.17, 15) is 0 Å². The van der Waals surface area contributed by atoms with Gasteiger partial charge in [-0.3, -0.25) is 9.89 Å². The van der Waals surface area contributed by atoms with E-state index in [1.54, 1.807) is 7.11 Å². The Balaban J connectivity index is 4.08. The second kappa shape index (κ2) is 11.6. The number of methoxy groups -OCH3 is 1. The topological polar surface area (TPSA) is 36.9 Å². The zero-order valence-electron chi connectivity index (χ0n) is 11.7. The first kappa shape index (κ1) is 16.1. The third-order valence-electron chi connectivity index (χ3n) is 2.36. The first-order valence-corrected chi connectivity index (χ1v) is 6.40. The highest BCUT2D eigenvalue weighted by molar-refractivity contribution is 5.87. The molecule has 0 saturated heterocycles. The molecule has 0 unspecified atom stereocenters. The first-order valence-electron chi connectivity index (χ1n) is 6.40. The molecule has 0 spiro atoms. The van der Waals surface area contributed by atoms with Crippen molar-refractivity contribution in [3.05, 3.63) is 12.2 Å². The number of rotatable bonds is 9. The summed E-state index contributed by atoms with van der Waals surface area (Å²) in [5.74, 6) is 0.706. The molecule has 0 aliphatic rings. The molecule has 0 fully saturated rings.